The molecule has 2 rings (SSSR count). The molecule has 0 unspecified atom stereocenters. The normalized spacial score (nSPS) is 27.7. The number of nitrogens with zero attached hydrogens (tertiary/aromatic N) is 2. The van der Waals surface area contributed by atoms with Crippen LogP contribution in [0.4, 0.5) is 0 Å². The van der Waals surface area contributed by atoms with Crippen LogP contribution in [0.2, 0.25) is 0 Å². The molecule has 3 nitrogen and oxygen atoms in total. The molecule has 2 fully saturated rings. The lowest BCUT2D eigenvalue weighted by Crippen LogP contribution is -2.73. The zero-order valence-electron chi connectivity index (χ0n) is 8.66. The van der Waals surface area contributed by atoms with Crippen molar-refractivity contribution in [3.63, 3.8) is 0 Å². The van der Waals surface area contributed by atoms with E-state index in [1.54, 1.807) is 0 Å². The summed E-state index contributed by atoms with van der Waals surface area (Å²) in [4.78, 5) is 4.87. The predicted octanol–water partition coefficient (Wildman–Crippen LogP) is 0.00470. The summed E-state index contributed by atoms with van der Waals surface area (Å²) in [7, 11) is 0. The summed E-state index contributed by atoms with van der Waals surface area (Å²) in [6, 6.07) is 0.706. The zero-order chi connectivity index (χ0) is 9.47. The van der Waals surface area contributed by atoms with E-state index in [4.69, 9.17) is 5.11 Å². The van der Waals surface area contributed by atoms with Crippen LogP contribution in [0.25, 0.3) is 0 Å². The lowest BCUT2D eigenvalue weighted by atomic mass is 9.72. The van der Waals surface area contributed by atoms with E-state index in [0.29, 0.717) is 18.1 Å². The first-order chi connectivity index (χ1) is 6.15. The molecule has 0 aromatic rings. The number of aliphatic hydroxyl groups excluding tert-OH is 1. The van der Waals surface area contributed by atoms with Crippen LogP contribution in [0.15, 0.2) is 0 Å². The molecule has 0 saturated carbocycles. The highest BCUT2D eigenvalue weighted by molar-refractivity contribution is 5.05. The highest BCUT2D eigenvalue weighted by Gasteiger charge is 2.51. The Balaban J connectivity index is 1.70. The Hall–Kier alpha value is -0.120. The van der Waals surface area contributed by atoms with E-state index in [1.807, 2.05) is 0 Å². The summed E-state index contributed by atoms with van der Waals surface area (Å²) in [6.45, 7) is 10.6. The molecule has 0 amide bonds. The molecule has 0 aromatic carbocycles. The Morgan fingerprint density at radius 1 is 1.23 bits per heavy atom. The first-order valence-electron chi connectivity index (χ1n) is 5.22. The van der Waals surface area contributed by atoms with E-state index in [0.717, 1.165) is 6.54 Å². The molecular formula is C10H20N2O. The van der Waals surface area contributed by atoms with Crippen molar-refractivity contribution in [2.24, 2.45) is 5.41 Å². The molecule has 2 aliphatic heterocycles. The van der Waals surface area contributed by atoms with Crippen LogP contribution in [-0.2, 0) is 0 Å². The Morgan fingerprint density at radius 3 is 2.31 bits per heavy atom. The largest absolute Gasteiger partial charge is 0.395 e. The van der Waals surface area contributed by atoms with Gasteiger partial charge in [0.1, 0.15) is 0 Å². The molecule has 2 aliphatic rings. The minimum Gasteiger partial charge on any atom is -0.395 e. The highest BCUT2D eigenvalue weighted by atomic mass is 16.3. The maximum absolute atomic E-state index is 8.75. The van der Waals surface area contributed by atoms with Crippen LogP contribution < -0.4 is 0 Å². The van der Waals surface area contributed by atoms with Gasteiger partial charge >= 0.3 is 0 Å². The Kier molecular flexibility index (Phi) is 2.34. The van der Waals surface area contributed by atoms with Gasteiger partial charge < -0.3 is 5.11 Å². The van der Waals surface area contributed by atoms with Gasteiger partial charge in [-0.3, -0.25) is 9.80 Å². The summed E-state index contributed by atoms with van der Waals surface area (Å²) in [5.74, 6) is 0. The number of rotatable bonds is 3. The SMILES string of the molecule is CC(C)N1CC2(CN(CCO)C2)C1. The third kappa shape index (κ3) is 1.60. The van der Waals surface area contributed by atoms with Gasteiger partial charge in [0.2, 0.25) is 0 Å². The van der Waals surface area contributed by atoms with E-state index in [1.165, 1.54) is 26.2 Å². The van der Waals surface area contributed by atoms with Crippen molar-refractivity contribution in [2.75, 3.05) is 39.3 Å². The van der Waals surface area contributed by atoms with Gasteiger partial charge in [-0.1, -0.05) is 0 Å². The smallest absolute Gasteiger partial charge is 0.0558 e. The summed E-state index contributed by atoms with van der Waals surface area (Å²) < 4.78 is 0. The standard InChI is InChI=1S/C10H20N2O/c1-9(2)12-7-10(8-12)5-11(6-10)3-4-13/h9,13H,3-8H2,1-2H3. The van der Waals surface area contributed by atoms with Crippen molar-refractivity contribution >= 4 is 0 Å². The fourth-order valence-electron chi connectivity index (χ4n) is 2.58. The minimum atomic E-state index is 0.309. The van der Waals surface area contributed by atoms with Crippen LogP contribution in [0, 0.1) is 5.41 Å². The van der Waals surface area contributed by atoms with Crippen molar-refractivity contribution in [3.8, 4) is 0 Å². The predicted molar refractivity (Wildman–Crippen MR) is 52.7 cm³/mol. The maximum atomic E-state index is 8.75. The summed E-state index contributed by atoms with van der Waals surface area (Å²) >= 11 is 0. The van der Waals surface area contributed by atoms with Gasteiger partial charge in [0.15, 0.2) is 0 Å². The van der Waals surface area contributed by atoms with Gasteiger partial charge in [-0.25, -0.2) is 0 Å². The third-order valence-electron chi connectivity index (χ3n) is 3.34. The second-order valence-electron chi connectivity index (χ2n) is 4.93. The van der Waals surface area contributed by atoms with Gasteiger partial charge in [-0.15, -0.1) is 0 Å². The number of hydrogen-bond donors (Lipinski definition) is 1. The monoisotopic (exact) mass is 184 g/mol. The molecule has 76 valence electrons. The number of β-amino-alcohol motifs (C(OH)–C–C–N with tert-alkyl or cyclic N) is 1. The zero-order valence-corrected chi connectivity index (χ0v) is 8.66. The molecule has 3 heteroatoms. The Labute approximate surface area is 80.3 Å². The van der Waals surface area contributed by atoms with Gasteiger partial charge in [0, 0.05) is 44.2 Å². The van der Waals surface area contributed by atoms with Crippen molar-refractivity contribution < 1.29 is 5.11 Å². The van der Waals surface area contributed by atoms with Crippen molar-refractivity contribution in [2.45, 2.75) is 19.9 Å². The lowest BCUT2D eigenvalue weighted by Gasteiger charge is -2.61. The molecule has 2 heterocycles. The Morgan fingerprint density at radius 2 is 1.85 bits per heavy atom. The van der Waals surface area contributed by atoms with Crippen LogP contribution >= 0.6 is 0 Å². The topological polar surface area (TPSA) is 26.7 Å². The molecule has 0 atom stereocenters. The van der Waals surface area contributed by atoms with E-state index in [9.17, 15) is 0 Å². The van der Waals surface area contributed by atoms with Crippen LogP contribution in [0.3, 0.4) is 0 Å². The van der Waals surface area contributed by atoms with Crippen molar-refractivity contribution in [3.05, 3.63) is 0 Å². The first-order valence-corrected chi connectivity index (χ1v) is 5.22. The summed E-state index contributed by atoms with van der Waals surface area (Å²) in [5, 5.41) is 8.75. The van der Waals surface area contributed by atoms with Crippen LogP contribution in [0.1, 0.15) is 13.8 Å². The van der Waals surface area contributed by atoms with Gasteiger partial charge in [0.25, 0.3) is 0 Å². The molecule has 13 heavy (non-hydrogen) atoms. The van der Waals surface area contributed by atoms with Gasteiger partial charge in [0.05, 0.1) is 6.61 Å². The minimum absolute atomic E-state index is 0.309. The molecule has 1 N–H and O–H groups in total. The number of likely N-dealkylation sites (tertiary alicyclic amines) is 2. The summed E-state index contributed by atoms with van der Waals surface area (Å²) in [6.07, 6.45) is 0. The van der Waals surface area contributed by atoms with Gasteiger partial charge in [-0.05, 0) is 13.8 Å². The van der Waals surface area contributed by atoms with Crippen LogP contribution in [0.5, 0.6) is 0 Å². The fourth-order valence-corrected chi connectivity index (χ4v) is 2.58. The van der Waals surface area contributed by atoms with Crippen LogP contribution in [-0.4, -0.2) is 60.3 Å². The van der Waals surface area contributed by atoms with E-state index >= 15 is 0 Å². The molecule has 1 spiro atoms. The van der Waals surface area contributed by atoms with Crippen molar-refractivity contribution in [1.82, 2.24) is 9.80 Å². The fraction of sp³-hybridized carbons (Fsp3) is 1.00. The number of aliphatic hydroxyl groups is 1. The first kappa shape index (κ1) is 9.44. The third-order valence-corrected chi connectivity index (χ3v) is 3.34. The number of hydrogen-bond acceptors (Lipinski definition) is 3. The molecule has 0 radical (unpaired) electrons. The molecule has 0 aliphatic carbocycles. The average Bonchev–Trinajstić information content (AvgIpc) is 1.90. The van der Waals surface area contributed by atoms with E-state index in [2.05, 4.69) is 23.6 Å². The second kappa shape index (κ2) is 3.23. The van der Waals surface area contributed by atoms with E-state index in [-0.39, 0.29) is 0 Å². The van der Waals surface area contributed by atoms with E-state index < -0.39 is 0 Å². The maximum Gasteiger partial charge on any atom is 0.0558 e. The Bertz CT molecular complexity index is 179. The highest BCUT2D eigenvalue weighted by Crippen LogP contribution is 2.39. The average molecular weight is 184 g/mol. The molecular weight excluding hydrogens is 164 g/mol. The molecule has 2 saturated heterocycles. The molecule has 0 bridgehead atoms. The second-order valence-corrected chi connectivity index (χ2v) is 4.93. The molecule has 0 aromatic heterocycles. The quantitative estimate of drug-likeness (QED) is 0.669. The lowest BCUT2D eigenvalue weighted by molar-refractivity contribution is -0.127. The summed E-state index contributed by atoms with van der Waals surface area (Å²) in [5.41, 5.74) is 0.611. The van der Waals surface area contributed by atoms with Gasteiger partial charge in [-0.2, -0.15) is 0 Å². The van der Waals surface area contributed by atoms with Crippen molar-refractivity contribution in [1.29, 1.82) is 0 Å².